The molecule has 0 aliphatic heterocycles. The van der Waals surface area contributed by atoms with Crippen LogP contribution in [0, 0.1) is 0 Å². The van der Waals surface area contributed by atoms with Crippen LogP contribution in [-0.4, -0.2) is 54.8 Å². The number of aromatic nitrogens is 11. The van der Waals surface area contributed by atoms with Crippen LogP contribution in [0.15, 0.2) is 388 Å². The highest BCUT2D eigenvalue weighted by Gasteiger charge is 2.43. The van der Waals surface area contributed by atoms with Gasteiger partial charge in [0.15, 0.2) is 52.4 Å². The van der Waals surface area contributed by atoms with Crippen molar-refractivity contribution in [3.05, 3.63) is 426 Å². The van der Waals surface area contributed by atoms with E-state index in [1.54, 1.807) is 12.4 Å². The Kier molecular flexibility index (Phi) is 18.5. The van der Waals surface area contributed by atoms with Crippen LogP contribution in [-0.2, 0) is 27.1 Å². The first-order valence-corrected chi connectivity index (χ1v) is 49.5. The summed E-state index contributed by atoms with van der Waals surface area (Å²) in [5.74, 6) is 5.45. The van der Waals surface area contributed by atoms with E-state index >= 15 is 0 Å². The predicted octanol–water partition coefficient (Wildman–Crippen LogP) is 32.5. The second-order valence-electron chi connectivity index (χ2n) is 41.5. The third-order valence-electron chi connectivity index (χ3n) is 31.3. The van der Waals surface area contributed by atoms with Crippen LogP contribution in [0.3, 0.4) is 0 Å². The number of para-hydroxylation sites is 5. The van der Waals surface area contributed by atoms with Crippen molar-refractivity contribution in [2.24, 2.45) is 0 Å². The van der Waals surface area contributed by atoms with Gasteiger partial charge in [0.1, 0.15) is 56.1 Å². The van der Waals surface area contributed by atoms with Gasteiger partial charge >= 0.3 is 0 Å². The van der Waals surface area contributed by atoms with Gasteiger partial charge in [-0.15, -0.1) is 0 Å². The lowest BCUT2D eigenvalue weighted by atomic mass is 9.81. The minimum atomic E-state index is -0.271. The molecule has 0 N–H and O–H groups in total. The van der Waals surface area contributed by atoms with E-state index in [0.717, 1.165) is 127 Å². The number of furan rings is 4. The molecular weight excluding hydrogens is 1780 g/mol. The molecule has 30 rings (SSSR count). The standard InChI is InChI=1S/C51H35N3O2.C44H32N4O.C35H24N4O/c1-50(2)39-17-8-5-12-30(39)31-22-20-28(24-40(31)50)47-52-48(54-49(53-47)36-16-11-15-35-33-13-6-10-19-44(33)56-46(35)36)29-21-23-32-37-26-38-34-14-7-9-18-43(34)55-45(38)27-42(37)51(3,4)41(32)25-29;1-43(2)33-13-7-5-11-27(33)28-18-16-25(21-34(28)43)40-46-41(48-42(47-40)37-14-9-10-20-45-37)26-17-19-29-31-23-32-30-12-6-8-15-38(30)49-39(32)24-36(31)44(3,4)35(29)22-26;1-35(2)27-18-22(15-16-23(27)25-19-26-24-12-6-7-14-30(24)40-31(26)20-28(25)35)33-37-32(21-10-4-3-5-11-21)38-34(39-33)29-13-8-9-17-36-29/h5-27H,1-4H3;5-24H,1-4H3;3-20H,1-2H3. The molecule has 5 aliphatic carbocycles. The van der Waals surface area contributed by atoms with E-state index in [4.69, 9.17) is 62.5 Å². The highest BCUT2D eigenvalue weighted by atomic mass is 16.3. The maximum absolute atomic E-state index is 6.52. The van der Waals surface area contributed by atoms with Crippen molar-refractivity contribution < 1.29 is 17.7 Å². The van der Waals surface area contributed by atoms with Gasteiger partial charge < -0.3 is 17.7 Å². The lowest BCUT2D eigenvalue weighted by Gasteiger charge is -2.22. The lowest BCUT2D eigenvalue weighted by Crippen LogP contribution is -2.15. The molecule has 0 bridgehead atoms. The van der Waals surface area contributed by atoms with Gasteiger partial charge in [-0.05, 0) is 233 Å². The molecule has 690 valence electrons. The maximum Gasteiger partial charge on any atom is 0.182 e. The minimum absolute atomic E-state index is 0.129. The monoisotopic (exact) mass is 1870 g/mol. The fourth-order valence-corrected chi connectivity index (χ4v) is 23.7. The van der Waals surface area contributed by atoms with Crippen LogP contribution >= 0.6 is 0 Å². The molecular formula is C130H91N11O4. The summed E-state index contributed by atoms with van der Waals surface area (Å²) in [7, 11) is 0. The highest BCUT2D eigenvalue weighted by molar-refractivity contribution is 6.12. The van der Waals surface area contributed by atoms with Gasteiger partial charge in [0.05, 0.1) is 5.56 Å². The number of rotatable bonds is 9. The average molecular weight is 1870 g/mol. The lowest BCUT2D eigenvalue weighted by molar-refractivity contribution is 0.647. The Morgan fingerprint density at radius 2 is 0.421 bits per heavy atom. The largest absolute Gasteiger partial charge is 0.456 e. The van der Waals surface area contributed by atoms with Crippen LogP contribution < -0.4 is 0 Å². The van der Waals surface area contributed by atoms with Crippen LogP contribution in [0.1, 0.15) is 125 Å². The molecule has 0 saturated carbocycles. The van der Waals surface area contributed by atoms with E-state index in [0.29, 0.717) is 63.8 Å². The van der Waals surface area contributed by atoms with Crippen molar-refractivity contribution in [2.45, 2.75) is 96.3 Å². The van der Waals surface area contributed by atoms with E-state index in [2.05, 4.69) is 316 Å². The van der Waals surface area contributed by atoms with Crippen molar-refractivity contribution in [1.82, 2.24) is 54.8 Å². The summed E-state index contributed by atoms with van der Waals surface area (Å²) in [6.07, 6.45) is 3.54. The molecule has 0 radical (unpaired) electrons. The molecule has 9 aromatic heterocycles. The molecule has 15 heteroatoms. The van der Waals surface area contributed by atoms with Crippen LogP contribution in [0.2, 0.25) is 0 Å². The van der Waals surface area contributed by atoms with Crippen LogP contribution in [0.25, 0.3) is 246 Å². The first kappa shape index (κ1) is 85.1. The topological polar surface area (TPSA) is 194 Å². The first-order valence-electron chi connectivity index (χ1n) is 49.5. The molecule has 0 fully saturated rings. The van der Waals surface area contributed by atoms with E-state index in [1.807, 2.05) is 121 Å². The average Bonchev–Trinajstić information content (AvgIpc) is 1.56. The predicted molar refractivity (Wildman–Crippen MR) is 581 cm³/mol. The Hall–Kier alpha value is -18.0. The zero-order valence-corrected chi connectivity index (χ0v) is 81.3. The van der Waals surface area contributed by atoms with Crippen molar-refractivity contribution in [3.63, 3.8) is 0 Å². The molecule has 15 nitrogen and oxygen atoms in total. The number of pyridine rings is 2. The van der Waals surface area contributed by atoms with E-state index < -0.39 is 0 Å². The molecule has 0 spiro atoms. The Labute approximate surface area is 835 Å². The quantitative estimate of drug-likeness (QED) is 0.132. The van der Waals surface area contributed by atoms with Gasteiger partial charge in [-0.2, -0.15) is 0 Å². The van der Waals surface area contributed by atoms with Crippen molar-refractivity contribution in [3.8, 4) is 158 Å². The summed E-state index contributed by atoms with van der Waals surface area (Å²) < 4.78 is 25.4. The SMILES string of the molecule is CC1(C)c2cc(-c3nc(-c4ccccc4)nc(-c4ccccn4)n3)ccc2-c2cc3c(cc21)oc1ccccc13.CC1(C)c2ccccc2-c2ccc(-c3nc(-c4ccc5c(c4)C(C)(C)c4cc6oc7ccccc7c6cc4-5)nc(-c4cccc5c4oc4ccccc45)n3)cc21.CC1(C)c2ccccc2-c2ccc(-c3nc(-c4ccc5c(c4)C(C)(C)c4cc6oc7ccccc7c6cc4-5)nc(-c4ccccn4)n3)cc21. The van der Waals surface area contributed by atoms with Gasteiger partial charge in [-0.3, -0.25) is 9.97 Å². The molecule has 0 unspecified atom stereocenters. The number of nitrogens with zero attached hydrogens (tertiary/aromatic N) is 11. The van der Waals surface area contributed by atoms with E-state index in [1.165, 1.54) is 111 Å². The van der Waals surface area contributed by atoms with Crippen molar-refractivity contribution in [2.75, 3.05) is 0 Å². The Morgan fingerprint density at radius 3 is 0.779 bits per heavy atom. The van der Waals surface area contributed by atoms with Gasteiger partial charge in [0, 0.05) is 116 Å². The first-order chi connectivity index (χ1) is 70.6. The molecule has 25 aromatic rings. The van der Waals surface area contributed by atoms with Gasteiger partial charge in [-0.25, -0.2) is 44.9 Å². The Balaban J connectivity index is 0.000000107. The summed E-state index contributed by atoms with van der Waals surface area (Å²) in [6, 6.07) is 125. The molecule has 0 atom stereocenters. The normalized spacial score (nSPS) is 14.4. The van der Waals surface area contributed by atoms with Gasteiger partial charge in [0.25, 0.3) is 0 Å². The van der Waals surface area contributed by atoms with Crippen LogP contribution in [0.5, 0.6) is 0 Å². The third-order valence-corrected chi connectivity index (χ3v) is 31.3. The third kappa shape index (κ3) is 13.2. The fourth-order valence-electron chi connectivity index (χ4n) is 23.7. The molecule has 5 aliphatic rings. The number of hydrogen-bond acceptors (Lipinski definition) is 15. The van der Waals surface area contributed by atoms with Gasteiger partial charge in [-0.1, -0.05) is 306 Å². The second kappa shape index (κ2) is 31.5. The number of benzene rings is 16. The molecule has 9 heterocycles. The molecule has 16 aromatic carbocycles. The fraction of sp³-hybridized carbons (Fsp3) is 0.115. The molecule has 0 amide bonds. The Bertz CT molecular complexity index is 9770. The van der Waals surface area contributed by atoms with Gasteiger partial charge in [0.2, 0.25) is 0 Å². The number of fused-ring (bicyclic) bond motifs is 27. The molecule has 0 saturated heterocycles. The Morgan fingerprint density at radius 1 is 0.159 bits per heavy atom. The van der Waals surface area contributed by atoms with Crippen molar-refractivity contribution >= 4 is 87.8 Å². The van der Waals surface area contributed by atoms with Crippen LogP contribution in [0.4, 0.5) is 0 Å². The second-order valence-corrected chi connectivity index (χ2v) is 41.5. The zero-order valence-electron chi connectivity index (χ0n) is 81.3. The summed E-state index contributed by atoms with van der Waals surface area (Å²) in [5, 5.41) is 8.95. The highest BCUT2D eigenvalue weighted by Crippen LogP contribution is 2.58. The minimum Gasteiger partial charge on any atom is -0.456 e. The molecule has 145 heavy (non-hydrogen) atoms. The smallest absolute Gasteiger partial charge is 0.182 e. The number of hydrogen-bond donors (Lipinski definition) is 0. The van der Waals surface area contributed by atoms with E-state index in [-0.39, 0.29) is 27.1 Å². The summed E-state index contributed by atoms with van der Waals surface area (Å²) >= 11 is 0. The summed E-state index contributed by atoms with van der Waals surface area (Å²) in [4.78, 5) is 54.7. The maximum atomic E-state index is 6.52. The van der Waals surface area contributed by atoms with Crippen molar-refractivity contribution in [1.29, 1.82) is 0 Å². The summed E-state index contributed by atoms with van der Waals surface area (Å²) in [5.41, 5.74) is 39.3. The zero-order chi connectivity index (χ0) is 97.4. The summed E-state index contributed by atoms with van der Waals surface area (Å²) in [6.45, 7) is 22.9. The van der Waals surface area contributed by atoms with E-state index in [9.17, 15) is 0 Å².